The predicted octanol–water partition coefficient (Wildman–Crippen LogP) is 5.36. The average Bonchev–Trinajstić information content (AvgIpc) is 3.07. The molecule has 0 aliphatic carbocycles. The zero-order valence-electron chi connectivity index (χ0n) is 13.8. The van der Waals surface area contributed by atoms with Crippen molar-refractivity contribution in [1.29, 1.82) is 0 Å². The number of nitrogens with zero attached hydrogens (tertiary/aromatic N) is 1. The van der Waals surface area contributed by atoms with Crippen LogP contribution in [0.2, 0.25) is 0 Å². The molecule has 0 spiro atoms. The summed E-state index contributed by atoms with van der Waals surface area (Å²) in [7, 11) is 0. The summed E-state index contributed by atoms with van der Waals surface area (Å²) in [5, 5.41) is 13.2. The van der Waals surface area contributed by atoms with Crippen molar-refractivity contribution in [2.24, 2.45) is 0 Å². The van der Waals surface area contributed by atoms with Crippen LogP contribution in [0.4, 0.5) is 4.39 Å². The highest BCUT2D eigenvalue weighted by molar-refractivity contribution is 7.17. The molecule has 0 amide bonds. The fourth-order valence-electron chi connectivity index (χ4n) is 3.46. The van der Waals surface area contributed by atoms with Gasteiger partial charge in [-0.05, 0) is 49.1 Å². The Kier molecular flexibility index (Phi) is 3.62. The lowest BCUT2D eigenvalue weighted by atomic mass is 10.0. The van der Waals surface area contributed by atoms with E-state index in [2.05, 4.69) is 0 Å². The van der Waals surface area contributed by atoms with Crippen LogP contribution >= 0.6 is 11.3 Å². The number of carboxylic acid groups (broad SMARTS) is 1. The molecule has 5 heteroatoms. The van der Waals surface area contributed by atoms with E-state index in [0.29, 0.717) is 0 Å². The Labute approximate surface area is 147 Å². The first-order valence-corrected chi connectivity index (χ1v) is 8.82. The van der Waals surface area contributed by atoms with Crippen molar-refractivity contribution in [3.8, 4) is 11.1 Å². The van der Waals surface area contributed by atoms with E-state index in [1.807, 2.05) is 42.0 Å². The third-order valence-corrected chi connectivity index (χ3v) is 5.54. The second-order valence-electron chi connectivity index (χ2n) is 6.25. The lowest BCUT2D eigenvalue weighted by Gasteiger charge is -2.05. The first-order chi connectivity index (χ1) is 12.0. The van der Waals surface area contributed by atoms with Gasteiger partial charge in [-0.25, -0.2) is 4.39 Å². The highest BCUT2D eigenvalue weighted by Gasteiger charge is 2.19. The molecule has 0 saturated carbocycles. The Bertz CT molecular complexity index is 1140. The number of aliphatic carboxylic acids is 1. The van der Waals surface area contributed by atoms with Crippen LogP contribution in [0.15, 0.2) is 41.8 Å². The van der Waals surface area contributed by atoms with Gasteiger partial charge in [0.2, 0.25) is 0 Å². The highest BCUT2D eigenvalue weighted by atomic mass is 32.1. The van der Waals surface area contributed by atoms with Crippen molar-refractivity contribution in [1.82, 2.24) is 4.57 Å². The van der Waals surface area contributed by atoms with E-state index >= 15 is 0 Å². The summed E-state index contributed by atoms with van der Waals surface area (Å²) in [4.78, 5) is 11.3. The van der Waals surface area contributed by atoms with Gasteiger partial charge in [-0.3, -0.25) is 4.79 Å². The van der Waals surface area contributed by atoms with E-state index < -0.39 is 5.97 Å². The maximum atomic E-state index is 13.8. The minimum atomic E-state index is -0.880. The van der Waals surface area contributed by atoms with Crippen LogP contribution in [0.25, 0.3) is 32.1 Å². The third kappa shape index (κ3) is 2.51. The predicted molar refractivity (Wildman–Crippen MR) is 99.8 cm³/mol. The Hall–Kier alpha value is -2.66. The zero-order chi connectivity index (χ0) is 17.7. The average molecular weight is 353 g/mol. The number of aromatic nitrogens is 1. The summed E-state index contributed by atoms with van der Waals surface area (Å²) in [6.45, 7) is 3.82. The van der Waals surface area contributed by atoms with Gasteiger partial charge in [0.1, 0.15) is 12.4 Å². The van der Waals surface area contributed by atoms with E-state index in [1.54, 1.807) is 23.5 Å². The van der Waals surface area contributed by atoms with Crippen molar-refractivity contribution in [2.45, 2.75) is 20.4 Å². The largest absolute Gasteiger partial charge is 0.480 e. The molecule has 0 radical (unpaired) electrons. The van der Waals surface area contributed by atoms with Gasteiger partial charge in [-0.15, -0.1) is 11.3 Å². The third-order valence-electron chi connectivity index (χ3n) is 4.58. The molecule has 0 atom stereocenters. The van der Waals surface area contributed by atoms with Crippen LogP contribution in [0.5, 0.6) is 0 Å². The lowest BCUT2D eigenvalue weighted by molar-refractivity contribution is -0.137. The number of fused-ring (bicyclic) bond motifs is 2. The van der Waals surface area contributed by atoms with Gasteiger partial charge < -0.3 is 9.67 Å². The highest BCUT2D eigenvalue weighted by Crippen LogP contribution is 2.41. The fourth-order valence-corrected chi connectivity index (χ4v) is 4.39. The summed E-state index contributed by atoms with van der Waals surface area (Å²) >= 11 is 1.57. The molecule has 0 aliphatic rings. The van der Waals surface area contributed by atoms with Crippen LogP contribution in [0, 0.1) is 19.7 Å². The molecule has 2 aromatic heterocycles. The molecule has 3 nitrogen and oxygen atoms in total. The Morgan fingerprint density at radius 1 is 1.16 bits per heavy atom. The van der Waals surface area contributed by atoms with Gasteiger partial charge in [-0.2, -0.15) is 0 Å². The van der Waals surface area contributed by atoms with E-state index in [9.17, 15) is 14.3 Å². The number of benzene rings is 2. The van der Waals surface area contributed by atoms with Crippen molar-refractivity contribution >= 4 is 38.3 Å². The minimum Gasteiger partial charge on any atom is -0.480 e. The Balaban J connectivity index is 2.08. The second kappa shape index (κ2) is 5.70. The van der Waals surface area contributed by atoms with Gasteiger partial charge in [0.05, 0.1) is 0 Å². The summed E-state index contributed by atoms with van der Waals surface area (Å²) in [6, 6.07) is 10.8. The summed E-state index contributed by atoms with van der Waals surface area (Å²) in [6.07, 6.45) is 0. The van der Waals surface area contributed by atoms with Crippen molar-refractivity contribution in [3.63, 3.8) is 0 Å². The van der Waals surface area contributed by atoms with Gasteiger partial charge in [0.25, 0.3) is 0 Å². The Morgan fingerprint density at radius 3 is 2.72 bits per heavy atom. The first-order valence-electron chi connectivity index (χ1n) is 7.94. The number of hydrogen-bond donors (Lipinski definition) is 1. The lowest BCUT2D eigenvalue weighted by Crippen LogP contribution is -2.09. The standard InChI is InChI=1S/C20H16FNO2S/c1-11-3-5-14-17(7-11)22(9-19(23)24)12(2)20(14)16-10-25-18-6-4-13(21)8-15(16)18/h3-8,10H,9H2,1-2H3,(H,23,24). The molecule has 0 unspecified atom stereocenters. The molecular formula is C20H16FNO2S. The van der Waals surface area contributed by atoms with E-state index in [1.165, 1.54) is 6.07 Å². The van der Waals surface area contributed by atoms with Gasteiger partial charge >= 0.3 is 5.97 Å². The maximum Gasteiger partial charge on any atom is 0.323 e. The number of rotatable bonds is 3. The molecule has 0 aliphatic heterocycles. The van der Waals surface area contributed by atoms with Gasteiger partial charge in [0, 0.05) is 37.8 Å². The molecule has 0 fully saturated rings. The Morgan fingerprint density at radius 2 is 1.96 bits per heavy atom. The maximum absolute atomic E-state index is 13.8. The molecule has 25 heavy (non-hydrogen) atoms. The summed E-state index contributed by atoms with van der Waals surface area (Å²) in [5.41, 5.74) is 4.78. The number of carboxylic acids is 1. The zero-order valence-corrected chi connectivity index (χ0v) is 14.7. The molecule has 126 valence electrons. The molecule has 0 saturated heterocycles. The number of thiophene rings is 1. The van der Waals surface area contributed by atoms with Crippen LogP contribution in [0.3, 0.4) is 0 Å². The molecule has 0 bridgehead atoms. The minimum absolute atomic E-state index is 0.0950. The summed E-state index contributed by atoms with van der Waals surface area (Å²) < 4.78 is 16.6. The molecule has 4 rings (SSSR count). The fraction of sp³-hybridized carbons (Fsp3) is 0.150. The second-order valence-corrected chi connectivity index (χ2v) is 7.16. The van der Waals surface area contributed by atoms with E-state index in [-0.39, 0.29) is 12.4 Å². The topological polar surface area (TPSA) is 42.2 Å². The summed E-state index contributed by atoms with van der Waals surface area (Å²) in [5.74, 6) is -1.15. The van der Waals surface area contributed by atoms with E-state index in [0.717, 1.165) is 43.4 Å². The van der Waals surface area contributed by atoms with Crippen molar-refractivity contribution in [2.75, 3.05) is 0 Å². The van der Waals surface area contributed by atoms with Crippen molar-refractivity contribution in [3.05, 3.63) is 58.9 Å². The van der Waals surface area contributed by atoms with Gasteiger partial charge in [0.15, 0.2) is 0 Å². The number of carbonyl (C=O) groups is 1. The van der Waals surface area contributed by atoms with E-state index in [4.69, 9.17) is 0 Å². The molecule has 2 heterocycles. The molecule has 1 N–H and O–H groups in total. The number of halogens is 1. The van der Waals surface area contributed by atoms with Crippen LogP contribution in [-0.2, 0) is 11.3 Å². The molecule has 4 aromatic rings. The quantitative estimate of drug-likeness (QED) is 0.538. The van der Waals surface area contributed by atoms with Crippen molar-refractivity contribution < 1.29 is 14.3 Å². The number of aryl methyl sites for hydroxylation is 1. The van der Waals surface area contributed by atoms with Crippen LogP contribution in [-0.4, -0.2) is 15.6 Å². The smallest absolute Gasteiger partial charge is 0.323 e. The SMILES string of the molecule is Cc1ccc2c(-c3csc4ccc(F)cc34)c(C)n(CC(=O)O)c2c1. The van der Waals surface area contributed by atoms with Crippen LogP contribution in [0.1, 0.15) is 11.3 Å². The monoisotopic (exact) mass is 353 g/mol. The normalized spacial score (nSPS) is 11.5. The molecular weight excluding hydrogens is 337 g/mol. The van der Waals surface area contributed by atoms with Gasteiger partial charge in [-0.1, -0.05) is 12.1 Å². The first kappa shape index (κ1) is 15.8. The van der Waals surface area contributed by atoms with Crippen LogP contribution < -0.4 is 0 Å². The number of hydrogen-bond acceptors (Lipinski definition) is 2. The molecule has 2 aromatic carbocycles.